The molecule has 0 rings (SSSR count). The van der Waals surface area contributed by atoms with Gasteiger partial charge in [-0.05, 0) is 18.8 Å². The topological polar surface area (TPSA) is 47.6 Å². The van der Waals surface area contributed by atoms with Crippen molar-refractivity contribution in [3.8, 4) is 0 Å². The van der Waals surface area contributed by atoms with Crippen LogP contribution in [-0.4, -0.2) is 39.4 Å². The van der Waals surface area contributed by atoms with Crippen LogP contribution in [0.1, 0.15) is 27.2 Å². The summed E-state index contributed by atoms with van der Waals surface area (Å²) in [6.07, 6.45) is 0.975. The number of methoxy groups -OCH3 is 1. The fraction of sp³-hybridized carbons (Fsp3) is 0.769. The summed E-state index contributed by atoms with van der Waals surface area (Å²) in [7, 11) is 1.70. The number of hydrogen-bond acceptors (Lipinski definition) is 4. The smallest absolute Gasteiger partial charge is 0.334 e. The highest BCUT2D eigenvalue weighted by Crippen LogP contribution is 2.18. The van der Waals surface area contributed by atoms with E-state index >= 15 is 0 Å². The summed E-state index contributed by atoms with van der Waals surface area (Å²) < 4.78 is 9.91. The molecule has 0 amide bonds. The van der Waals surface area contributed by atoms with Crippen molar-refractivity contribution in [1.29, 1.82) is 0 Å². The quantitative estimate of drug-likeness (QED) is 0.495. The van der Waals surface area contributed by atoms with Crippen LogP contribution in [0.2, 0.25) is 0 Å². The molecule has 0 aliphatic carbocycles. The Morgan fingerprint density at radius 2 is 2.06 bits per heavy atom. The van der Waals surface area contributed by atoms with Crippen molar-refractivity contribution in [3.63, 3.8) is 0 Å². The van der Waals surface area contributed by atoms with Crippen molar-refractivity contribution < 1.29 is 14.3 Å². The molecule has 0 fully saturated rings. The third kappa shape index (κ3) is 7.94. The first kappa shape index (κ1) is 16.1. The minimum absolute atomic E-state index is 0.144. The lowest BCUT2D eigenvalue weighted by atomic mass is 9.89. The van der Waals surface area contributed by atoms with E-state index in [1.807, 2.05) is 0 Å². The van der Waals surface area contributed by atoms with E-state index in [0.717, 1.165) is 19.6 Å². The molecule has 100 valence electrons. The summed E-state index contributed by atoms with van der Waals surface area (Å²) in [4.78, 5) is 11.3. The van der Waals surface area contributed by atoms with Gasteiger partial charge in [0.05, 0.1) is 6.61 Å². The molecule has 0 aromatic carbocycles. The first-order chi connectivity index (χ1) is 7.93. The van der Waals surface area contributed by atoms with E-state index in [1.54, 1.807) is 14.0 Å². The summed E-state index contributed by atoms with van der Waals surface area (Å²) >= 11 is 0. The van der Waals surface area contributed by atoms with Crippen molar-refractivity contribution in [2.45, 2.75) is 27.2 Å². The van der Waals surface area contributed by atoms with Gasteiger partial charge < -0.3 is 14.8 Å². The third-order valence-electron chi connectivity index (χ3n) is 2.49. The van der Waals surface area contributed by atoms with Gasteiger partial charge in [0.1, 0.15) is 0 Å². The fourth-order valence-electron chi connectivity index (χ4n) is 1.32. The van der Waals surface area contributed by atoms with Crippen molar-refractivity contribution in [2.24, 2.45) is 5.41 Å². The van der Waals surface area contributed by atoms with Crippen molar-refractivity contribution >= 4 is 5.97 Å². The molecule has 0 heterocycles. The molecule has 0 aromatic rings. The van der Waals surface area contributed by atoms with Crippen LogP contribution in [0.25, 0.3) is 0 Å². The second kappa shape index (κ2) is 8.25. The Morgan fingerprint density at radius 1 is 1.41 bits per heavy atom. The molecule has 0 radical (unpaired) electrons. The first-order valence-corrected chi connectivity index (χ1v) is 5.97. The monoisotopic (exact) mass is 243 g/mol. The predicted molar refractivity (Wildman–Crippen MR) is 68.9 cm³/mol. The number of carbonyl (C=O) groups excluding carboxylic acids is 1. The molecule has 0 saturated carbocycles. The highest BCUT2D eigenvalue weighted by Gasteiger charge is 2.17. The lowest BCUT2D eigenvalue weighted by Gasteiger charge is -2.24. The van der Waals surface area contributed by atoms with Crippen LogP contribution in [0, 0.1) is 5.41 Å². The molecule has 4 heteroatoms. The maximum atomic E-state index is 11.3. The van der Waals surface area contributed by atoms with Crippen LogP contribution < -0.4 is 5.32 Å². The summed E-state index contributed by atoms with van der Waals surface area (Å²) in [6.45, 7) is 12.2. The van der Waals surface area contributed by atoms with Crippen LogP contribution in [0.3, 0.4) is 0 Å². The Bertz CT molecular complexity index is 249. The molecule has 0 atom stereocenters. The molecule has 0 unspecified atom stereocenters. The number of carbonyl (C=O) groups is 1. The van der Waals surface area contributed by atoms with E-state index in [1.165, 1.54) is 0 Å². The fourth-order valence-corrected chi connectivity index (χ4v) is 1.32. The lowest BCUT2D eigenvalue weighted by molar-refractivity contribution is -0.138. The Labute approximate surface area is 104 Å². The van der Waals surface area contributed by atoms with Gasteiger partial charge in [0.2, 0.25) is 0 Å². The van der Waals surface area contributed by atoms with E-state index in [2.05, 4.69) is 25.7 Å². The molecule has 17 heavy (non-hydrogen) atoms. The molecule has 1 N–H and O–H groups in total. The standard InChI is InChI=1S/C13H25NO3/c1-6-17-12(15)11(2)9-14-10-13(3,4)7-8-16-5/h14H,2,6-10H2,1,3-5H3. The summed E-state index contributed by atoms with van der Waals surface area (Å²) in [5.74, 6) is -0.324. The average Bonchev–Trinajstić information content (AvgIpc) is 2.26. The predicted octanol–water partition coefficient (Wildman–Crippen LogP) is 1.76. The Balaban J connectivity index is 3.82. The lowest BCUT2D eigenvalue weighted by Crippen LogP contribution is -2.32. The van der Waals surface area contributed by atoms with Crippen LogP contribution >= 0.6 is 0 Å². The molecule has 0 aromatic heterocycles. The molecule has 4 nitrogen and oxygen atoms in total. The number of rotatable bonds is 9. The Morgan fingerprint density at radius 3 is 2.59 bits per heavy atom. The minimum atomic E-state index is -0.324. The Kier molecular flexibility index (Phi) is 7.83. The van der Waals surface area contributed by atoms with Gasteiger partial charge in [-0.25, -0.2) is 4.79 Å². The normalized spacial score (nSPS) is 11.3. The van der Waals surface area contributed by atoms with Gasteiger partial charge in [0, 0.05) is 32.4 Å². The van der Waals surface area contributed by atoms with Gasteiger partial charge in [-0.1, -0.05) is 20.4 Å². The maximum Gasteiger partial charge on any atom is 0.334 e. The Hall–Kier alpha value is -0.870. The van der Waals surface area contributed by atoms with Crippen LogP contribution in [-0.2, 0) is 14.3 Å². The third-order valence-corrected chi connectivity index (χ3v) is 2.49. The molecule has 0 bridgehead atoms. The first-order valence-electron chi connectivity index (χ1n) is 5.97. The zero-order valence-electron chi connectivity index (χ0n) is 11.5. The molecular formula is C13H25NO3. The van der Waals surface area contributed by atoms with Crippen LogP contribution in [0.15, 0.2) is 12.2 Å². The van der Waals surface area contributed by atoms with E-state index in [4.69, 9.17) is 9.47 Å². The molecule has 0 spiro atoms. The molecule has 0 aliphatic rings. The summed E-state index contributed by atoms with van der Waals surface area (Å²) in [6, 6.07) is 0. The van der Waals surface area contributed by atoms with Crippen molar-refractivity contribution in [3.05, 3.63) is 12.2 Å². The second-order valence-corrected chi connectivity index (χ2v) is 4.83. The van der Waals surface area contributed by atoms with E-state index in [0.29, 0.717) is 18.7 Å². The molecular weight excluding hydrogens is 218 g/mol. The minimum Gasteiger partial charge on any atom is -0.463 e. The van der Waals surface area contributed by atoms with Crippen molar-refractivity contribution in [1.82, 2.24) is 5.32 Å². The zero-order valence-corrected chi connectivity index (χ0v) is 11.5. The number of hydrogen-bond donors (Lipinski definition) is 1. The second-order valence-electron chi connectivity index (χ2n) is 4.83. The van der Waals surface area contributed by atoms with E-state index in [9.17, 15) is 4.79 Å². The molecule has 0 aliphatic heterocycles. The van der Waals surface area contributed by atoms with Crippen LogP contribution in [0.4, 0.5) is 0 Å². The largest absolute Gasteiger partial charge is 0.463 e. The summed E-state index contributed by atoms with van der Waals surface area (Å²) in [5.41, 5.74) is 0.611. The van der Waals surface area contributed by atoms with Gasteiger partial charge in [-0.15, -0.1) is 0 Å². The van der Waals surface area contributed by atoms with Gasteiger partial charge in [0.15, 0.2) is 0 Å². The van der Waals surface area contributed by atoms with Gasteiger partial charge in [-0.3, -0.25) is 0 Å². The highest BCUT2D eigenvalue weighted by molar-refractivity contribution is 5.88. The van der Waals surface area contributed by atoms with E-state index in [-0.39, 0.29) is 11.4 Å². The number of nitrogens with one attached hydrogen (secondary N) is 1. The average molecular weight is 243 g/mol. The maximum absolute atomic E-state index is 11.3. The van der Waals surface area contributed by atoms with E-state index < -0.39 is 0 Å². The van der Waals surface area contributed by atoms with Crippen LogP contribution in [0.5, 0.6) is 0 Å². The SMILES string of the molecule is C=C(CNCC(C)(C)CCOC)C(=O)OCC. The van der Waals surface area contributed by atoms with Gasteiger partial charge in [-0.2, -0.15) is 0 Å². The van der Waals surface area contributed by atoms with Gasteiger partial charge >= 0.3 is 5.97 Å². The highest BCUT2D eigenvalue weighted by atomic mass is 16.5. The molecule has 0 saturated heterocycles. The summed E-state index contributed by atoms with van der Waals surface area (Å²) in [5, 5.41) is 3.22. The van der Waals surface area contributed by atoms with Crippen molar-refractivity contribution in [2.75, 3.05) is 33.4 Å². The number of esters is 1. The van der Waals surface area contributed by atoms with Gasteiger partial charge in [0.25, 0.3) is 0 Å². The zero-order chi connectivity index (χ0) is 13.3. The number of ether oxygens (including phenoxy) is 2.